The summed E-state index contributed by atoms with van der Waals surface area (Å²) < 4.78 is 5.35. The average Bonchev–Trinajstić information content (AvgIpc) is 3.31. The number of aryl methyl sites for hydroxylation is 2. The van der Waals surface area contributed by atoms with Gasteiger partial charge in [0, 0.05) is 24.7 Å². The number of hydrogen-bond acceptors (Lipinski definition) is 6. The van der Waals surface area contributed by atoms with Crippen LogP contribution in [0.15, 0.2) is 42.5 Å². The molecule has 172 valence electrons. The predicted molar refractivity (Wildman–Crippen MR) is 129 cm³/mol. The highest BCUT2D eigenvalue weighted by Crippen LogP contribution is 2.31. The second-order valence-electron chi connectivity index (χ2n) is 8.16. The highest BCUT2D eigenvalue weighted by Gasteiger charge is 2.27. The topological polar surface area (TPSA) is 96.4 Å². The maximum absolute atomic E-state index is 12.8. The fraction of sp³-hybridized carbons (Fsp3) is 0.333. The normalized spacial score (nSPS) is 14.1. The predicted octanol–water partition coefficient (Wildman–Crippen LogP) is 4.83. The Morgan fingerprint density at radius 2 is 1.70 bits per heavy atom. The number of benzene rings is 2. The summed E-state index contributed by atoms with van der Waals surface area (Å²) in [6.45, 7) is 5.18. The van der Waals surface area contributed by atoms with Crippen molar-refractivity contribution in [2.45, 2.75) is 32.6 Å². The molecule has 4 rings (SSSR count). The number of carbonyl (C=O) groups excluding carboxylic acids is 2. The van der Waals surface area contributed by atoms with Crippen molar-refractivity contribution >= 4 is 34.6 Å². The third kappa shape index (κ3) is 5.48. The lowest BCUT2D eigenvalue weighted by atomic mass is 9.98. The number of piperidine rings is 1. The van der Waals surface area contributed by atoms with Gasteiger partial charge in [-0.25, -0.2) is 4.79 Å². The molecule has 8 nitrogen and oxygen atoms in total. The van der Waals surface area contributed by atoms with Crippen LogP contribution in [0.25, 0.3) is 0 Å². The van der Waals surface area contributed by atoms with E-state index in [1.807, 2.05) is 56.3 Å². The third-order valence-electron chi connectivity index (χ3n) is 5.67. The summed E-state index contributed by atoms with van der Waals surface area (Å²) in [6.07, 6.45) is 1.54. The first-order valence-corrected chi connectivity index (χ1v) is 11.7. The van der Waals surface area contributed by atoms with Gasteiger partial charge in [-0.15, -0.1) is 10.2 Å². The number of ether oxygens (including phenoxy) is 1. The number of nitrogens with one attached hydrogen (secondary N) is 2. The molecule has 33 heavy (non-hydrogen) atoms. The van der Waals surface area contributed by atoms with E-state index in [1.165, 1.54) is 11.3 Å². The quantitative estimate of drug-likeness (QED) is 0.563. The summed E-state index contributed by atoms with van der Waals surface area (Å²) in [4.78, 5) is 27.1. The minimum absolute atomic E-state index is 0.146. The van der Waals surface area contributed by atoms with Gasteiger partial charge >= 0.3 is 6.03 Å². The molecule has 1 saturated heterocycles. The van der Waals surface area contributed by atoms with E-state index in [9.17, 15) is 9.59 Å². The van der Waals surface area contributed by atoms with Crippen molar-refractivity contribution in [1.82, 2.24) is 15.1 Å². The molecule has 0 atom stereocenters. The summed E-state index contributed by atoms with van der Waals surface area (Å²) in [6, 6.07) is 13.2. The van der Waals surface area contributed by atoms with Crippen LogP contribution in [0, 0.1) is 13.8 Å². The molecule has 3 aromatic rings. The lowest BCUT2D eigenvalue weighted by Crippen LogP contribution is -2.40. The number of nitrogens with zero attached hydrogens (tertiary/aromatic N) is 3. The Morgan fingerprint density at radius 3 is 2.39 bits per heavy atom. The highest BCUT2D eigenvalue weighted by atomic mass is 32.1. The van der Waals surface area contributed by atoms with Crippen LogP contribution in [-0.2, 0) is 0 Å². The van der Waals surface area contributed by atoms with Gasteiger partial charge < -0.3 is 20.3 Å². The van der Waals surface area contributed by atoms with Crippen molar-refractivity contribution < 1.29 is 14.3 Å². The van der Waals surface area contributed by atoms with Crippen LogP contribution >= 0.6 is 11.3 Å². The second-order valence-corrected chi connectivity index (χ2v) is 9.17. The monoisotopic (exact) mass is 465 g/mol. The second kappa shape index (κ2) is 9.99. The Balaban J connectivity index is 1.32. The van der Waals surface area contributed by atoms with Gasteiger partial charge in [0.25, 0.3) is 5.91 Å². The number of anilines is 2. The number of methoxy groups -OCH3 is 1. The molecule has 0 bridgehead atoms. The van der Waals surface area contributed by atoms with Crippen molar-refractivity contribution in [3.8, 4) is 5.75 Å². The van der Waals surface area contributed by atoms with Crippen molar-refractivity contribution in [2.24, 2.45) is 0 Å². The van der Waals surface area contributed by atoms with E-state index in [0.717, 1.165) is 34.7 Å². The van der Waals surface area contributed by atoms with Crippen LogP contribution < -0.4 is 15.4 Å². The largest absolute Gasteiger partial charge is 0.495 e. The first-order valence-electron chi connectivity index (χ1n) is 10.8. The molecule has 1 aliphatic rings. The molecular formula is C24H27N5O3S. The molecule has 3 amide bonds. The van der Waals surface area contributed by atoms with Crippen LogP contribution in [0.3, 0.4) is 0 Å². The molecule has 0 spiro atoms. The van der Waals surface area contributed by atoms with Crippen molar-refractivity contribution in [3.63, 3.8) is 0 Å². The molecule has 2 heterocycles. The number of rotatable bonds is 5. The molecule has 1 fully saturated rings. The molecule has 1 aliphatic heterocycles. The van der Waals surface area contributed by atoms with E-state index < -0.39 is 0 Å². The lowest BCUT2D eigenvalue weighted by molar-refractivity contribution is 0.102. The van der Waals surface area contributed by atoms with Crippen LogP contribution in [0.2, 0.25) is 0 Å². The molecule has 2 aromatic carbocycles. The summed E-state index contributed by atoms with van der Waals surface area (Å²) in [7, 11) is 1.59. The van der Waals surface area contributed by atoms with Crippen LogP contribution in [-0.4, -0.2) is 47.2 Å². The Kier molecular flexibility index (Phi) is 6.88. The standard InChI is InChI=1S/C24H27N5O3S/c1-15-4-7-18(8-5-15)25-21(30)23-28-27-22(33-23)17-10-12-29(13-11-17)24(31)26-19-14-16(2)6-9-20(19)32-3/h4-9,14,17H,10-13H2,1-3H3,(H,25,30)(H,26,31). The number of hydrogen-bond donors (Lipinski definition) is 2. The molecule has 0 unspecified atom stereocenters. The lowest BCUT2D eigenvalue weighted by Gasteiger charge is -2.31. The van der Waals surface area contributed by atoms with Gasteiger partial charge in [0.2, 0.25) is 5.01 Å². The maximum atomic E-state index is 12.8. The molecule has 0 radical (unpaired) electrons. The van der Waals surface area contributed by atoms with Gasteiger partial charge in [-0.05, 0) is 56.5 Å². The van der Waals surface area contributed by atoms with E-state index in [4.69, 9.17) is 4.74 Å². The minimum atomic E-state index is -0.258. The molecular weight excluding hydrogens is 438 g/mol. The number of urea groups is 1. The van der Waals surface area contributed by atoms with Gasteiger partial charge in [0.05, 0.1) is 12.8 Å². The van der Waals surface area contributed by atoms with E-state index in [1.54, 1.807) is 12.0 Å². The first-order chi connectivity index (χ1) is 15.9. The zero-order valence-electron chi connectivity index (χ0n) is 18.9. The fourth-order valence-electron chi connectivity index (χ4n) is 3.76. The highest BCUT2D eigenvalue weighted by molar-refractivity contribution is 7.13. The number of carbonyl (C=O) groups is 2. The van der Waals surface area contributed by atoms with Crippen molar-refractivity contribution in [2.75, 3.05) is 30.8 Å². The van der Waals surface area contributed by atoms with Crippen LogP contribution in [0.5, 0.6) is 5.75 Å². The Bertz CT molecular complexity index is 1140. The van der Waals surface area contributed by atoms with E-state index in [2.05, 4.69) is 20.8 Å². The first kappa shape index (κ1) is 22.7. The Labute approximate surface area is 197 Å². The summed E-state index contributed by atoms with van der Waals surface area (Å²) in [5.74, 6) is 0.557. The molecule has 0 saturated carbocycles. The summed E-state index contributed by atoms with van der Waals surface area (Å²) >= 11 is 1.32. The molecule has 2 N–H and O–H groups in total. The van der Waals surface area contributed by atoms with Gasteiger partial charge in [-0.2, -0.15) is 0 Å². The van der Waals surface area contributed by atoms with E-state index in [-0.39, 0.29) is 17.9 Å². The molecule has 0 aliphatic carbocycles. The zero-order valence-corrected chi connectivity index (χ0v) is 19.7. The van der Waals surface area contributed by atoms with Crippen molar-refractivity contribution in [1.29, 1.82) is 0 Å². The number of aromatic nitrogens is 2. The third-order valence-corrected chi connectivity index (χ3v) is 6.76. The van der Waals surface area contributed by atoms with Gasteiger partial charge in [0.1, 0.15) is 10.8 Å². The molecule has 1 aromatic heterocycles. The average molecular weight is 466 g/mol. The SMILES string of the molecule is COc1ccc(C)cc1NC(=O)N1CCC(c2nnc(C(=O)Nc3ccc(C)cc3)s2)CC1. The summed E-state index contributed by atoms with van der Waals surface area (Å²) in [5.41, 5.74) is 3.57. The number of likely N-dealkylation sites (tertiary alicyclic amines) is 1. The minimum Gasteiger partial charge on any atom is -0.495 e. The smallest absolute Gasteiger partial charge is 0.321 e. The zero-order chi connectivity index (χ0) is 23.4. The molecule has 9 heteroatoms. The number of amides is 3. The van der Waals surface area contributed by atoms with Crippen molar-refractivity contribution in [3.05, 3.63) is 63.6 Å². The van der Waals surface area contributed by atoms with Crippen LogP contribution in [0.4, 0.5) is 16.2 Å². The summed E-state index contributed by atoms with van der Waals surface area (Å²) in [5, 5.41) is 15.3. The van der Waals surface area contributed by atoms with Gasteiger partial charge in [0.15, 0.2) is 0 Å². The Morgan fingerprint density at radius 1 is 1.00 bits per heavy atom. The van der Waals surface area contributed by atoms with Gasteiger partial charge in [-0.1, -0.05) is 35.1 Å². The van der Waals surface area contributed by atoms with Gasteiger partial charge in [-0.3, -0.25) is 4.79 Å². The van der Waals surface area contributed by atoms with E-state index >= 15 is 0 Å². The fourth-order valence-corrected chi connectivity index (χ4v) is 4.66. The van der Waals surface area contributed by atoms with Crippen LogP contribution in [0.1, 0.15) is 44.7 Å². The Hall–Kier alpha value is -3.46. The van der Waals surface area contributed by atoms with E-state index in [0.29, 0.717) is 29.5 Å². The maximum Gasteiger partial charge on any atom is 0.321 e.